The molecule has 0 bridgehead atoms. The zero-order valence-corrected chi connectivity index (χ0v) is 11.5. The molecular weight excluding hydrogens is 280 g/mol. The summed E-state index contributed by atoms with van der Waals surface area (Å²) in [6, 6.07) is 8.20. The van der Waals surface area contributed by atoms with E-state index >= 15 is 0 Å². The van der Waals surface area contributed by atoms with Gasteiger partial charge in [0.05, 0.1) is 12.8 Å². The lowest BCUT2D eigenvalue weighted by atomic mass is 10.2. The van der Waals surface area contributed by atoms with Crippen molar-refractivity contribution in [2.75, 3.05) is 13.0 Å². The van der Waals surface area contributed by atoms with Gasteiger partial charge in [-0.25, -0.2) is 9.48 Å². The third-order valence-corrected chi connectivity index (χ3v) is 2.71. The van der Waals surface area contributed by atoms with Crippen molar-refractivity contribution in [2.24, 2.45) is 0 Å². The summed E-state index contributed by atoms with van der Waals surface area (Å²) < 4.78 is 11.2. The number of aldehydes is 1. The summed E-state index contributed by atoms with van der Waals surface area (Å²) in [5.41, 5.74) is 1.04. The first kappa shape index (κ1) is 14.1. The fourth-order valence-electron chi connectivity index (χ4n) is 1.71. The van der Waals surface area contributed by atoms with Gasteiger partial charge in [-0.15, -0.1) is 17.7 Å². The molecule has 0 saturated carbocycles. The van der Waals surface area contributed by atoms with Crippen molar-refractivity contribution < 1.29 is 19.1 Å². The van der Waals surface area contributed by atoms with E-state index in [1.54, 1.807) is 24.3 Å². The van der Waals surface area contributed by atoms with Crippen LogP contribution >= 0.6 is 12.6 Å². The number of esters is 1. The first-order valence-corrected chi connectivity index (χ1v) is 6.31. The minimum Gasteiger partial charge on any atom is -0.466 e. The van der Waals surface area contributed by atoms with Gasteiger partial charge in [0.2, 0.25) is 5.88 Å². The van der Waals surface area contributed by atoms with E-state index < -0.39 is 5.97 Å². The molecule has 1 aromatic heterocycles. The number of benzene rings is 1. The van der Waals surface area contributed by atoms with Crippen LogP contribution in [0.2, 0.25) is 0 Å². The number of ether oxygens (including phenoxy) is 2. The Hall–Kier alpha value is -2.28. The molecule has 2 rings (SSSR count). The predicted molar refractivity (Wildman–Crippen MR) is 74.8 cm³/mol. The van der Waals surface area contributed by atoms with Crippen LogP contribution in [0.3, 0.4) is 0 Å². The maximum absolute atomic E-state index is 11.8. The molecule has 6 nitrogen and oxygen atoms in total. The largest absolute Gasteiger partial charge is 0.466 e. The van der Waals surface area contributed by atoms with E-state index in [-0.39, 0.29) is 17.5 Å². The van der Waals surface area contributed by atoms with Crippen molar-refractivity contribution in [1.29, 1.82) is 0 Å². The van der Waals surface area contributed by atoms with Gasteiger partial charge in [-0.05, 0) is 12.1 Å². The fraction of sp³-hybridized carbons (Fsp3) is 0.154. The van der Waals surface area contributed by atoms with Gasteiger partial charge in [-0.3, -0.25) is 4.79 Å². The Labute approximate surface area is 120 Å². The minimum atomic E-state index is -0.577. The smallest absolute Gasteiger partial charge is 0.356 e. The molecule has 0 aliphatic carbocycles. The monoisotopic (exact) mass is 292 g/mol. The van der Waals surface area contributed by atoms with E-state index in [1.165, 1.54) is 17.9 Å². The predicted octanol–water partition coefficient (Wildman–Crippen LogP) is 1.74. The molecule has 20 heavy (non-hydrogen) atoms. The van der Waals surface area contributed by atoms with Crippen LogP contribution in [-0.2, 0) is 4.74 Å². The van der Waals surface area contributed by atoms with E-state index in [2.05, 4.69) is 17.7 Å². The normalized spacial score (nSPS) is 10.1. The third kappa shape index (κ3) is 2.67. The highest BCUT2D eigenvalue weighted by Gasteiger charge is 2.19. The molecule has 0 aliphatic heterocycles. The second-order valence-corrected chi connectivity index (χ2v) is 3.98. The lowest BCUT2D eigenvalue weighted by molar-refractivity contribution is 0.0590. The van der Waals surface area contributed by atoms with Crippen LogP contribution in [0, 0.1) is 0 Å². The molecule has 0 radical (unpaired) electrons. The summed E-state index contributed by atoms with van der Waals surface area (Å²) in [5, 5.41) is 4.13. The lowest BCUT2D eigenvalue weighted by Gasteiger charge is -2.07. The van der Waals surface area contributed by atoms with Crippen molar-refractivity contribution in [3.05, 3.63) is 41.6 Å². The Morgan fingerprint density at radius 1 is 1.45 bits per heavy atom. The Morgan fingerprint density at radius 2 is 2.20 bits per heavy atom. The molecule has 0 fully saturated rings. The van der Waals surface area contributed by atoms with E-state index in [4.69, 9.17) is 9.47 Å². The van der Waals surface area contributed by atoms with Gasteiger partial charge in [-0.1, -0.05) is 12.1 Å². The summed E-state index contributed by atoms with van der Waals surface area (Å²) in [6.07, 6.45) is 0.692. The fourth-order valence-corrected chi connectivity index (χ4v) is 1.84. The highest BCUT2D eigenvalue weighted by molar-refractivity contribution is 7.80. The Morgan fingerprint density at radius 3 is 2.85 bits per heavy atom. The van der Waals surface area contributed by atoms with Gasteiger partial charge in [0, 0.05) is 11.6 Å². The molecule has 1 aromatic carbocycles. The van der Waals surface area contributed by atoms with Gasteiger partial charge in [0.25, 0.3) is 0 Å². The SMILES string of the molecule is COC(=O)c1cc(OCS)nn1-c1ccccc1C=O. The molecule has 0 atom stereocenters. The van der Waals surface area contributed by atoms with Crippen molar-refractivity contribution in [3.63, 3.8) is 0 Å². The van der Waals surface area contributed by atoms with Crippen LogP contribution in [0.4, 0.5) is 0 Å². The van der Waals surface area contributed by atoms with Crippen LogP contribution in [0.25, 0.3) is 5.69 Å². The summed E-state index contributed by atoms with van der Waals surface area (Å²) in [5.74, 6) is -0.235. The van der Waals surface area contributed by atoms with E-state index in [9.17, 15) is 9.59 Å². The maximum atomic E-state index is 11.8. The standard InChI is InChI=1S/C13H12N2O4S/c1-18-13(17)11-6-12(19-8-20)14-15(11)10-5-3-2-4-9(10)7-16/h2-7,20H,8H2,1H3. The third-order valence-electron chi connectivity index (χ3n) is 2.59. The van der Waals surface area contributed by atoms with E-state index in [1.807, 2.05) is 0 Å². The molecule has 0 unspecified atom stereocenters. The van der Waals surface area contributed by atoms with Gasteiger partial charge in [-0.2, -0.15) is 0 Å². The summed E-state index contributed by atoms with van der Waals surface area (Å²) >= 11 is 3.93. The number of nitrogens with zero attached hydrogens (tertiary/aromatic N) is 2. The number of carbonyl (C=O) groups excluding carboxylic acids is 2. The number of methoxy groups -OCH3 is 1. The van der Waals surface area contributed by atoms with Crippen LogP contribution in [0.1, 0.15) is 20.8 Å². The highest BCUT2D eigenvalue weighted by atomic mass is 32.1. The van der Waals surface area contributed by atoms with Crippen molar-refractivity contribution in [2.45, 2.75) is 0 Å². The maximum Gasteiger partial charge on any atom is 0.356 e. The highest BCUT2D eigenvalue weighted by Crippen LogP contribution is 2.20. The van der Waals surface area contributed by atoms with E-state index in [0.717, 1.165) is 0 Å². The number of carbonyl (C=O) groups is 2. The van der Waals surface area contributed by atoms with Crippen LogP contribution in [0.5, 0.6) is 5.88 Å². The molecule has 0 spiro atoms. The Balaban J connectivity index is 2.59. The Bertz CT molecular complexity index is 639. The van der Waals surface area contributed by atoms with Gasteiger partial charge >= 0.3 is 5.97 Å². The zero-order chi connectivity index (χ0) is 14.5. The number of thiol groups is 1. The van der Waals surface area contributed by atoms with Crippen LogP contribution < -0.4 is 4.74 Å². The first-order valence-electron chi connectivity index (χ1n) is 5.68. The molecule has 1 heterocycles. The second-order valence-electron chi connectivity index (χ2n) is 3.72. The molecule has 2 aromatic rings. The zero-order valence-electron chi connectivity index (χ0n) is 10.6. The summed E-state index contributed by atoms with van der Waals surface area (Å²) in [4.78, 5) is 22.9. The summed E-state index contributed by atoms with van der Waals surface area (Å²) in [6.45, 7) is 0. The van der Waals surface area contributed by atoms with Crippen LogP contribution in [-0.4, -0.2) is 35.1 Å². The topological polar surface area (TPSA) is 70.4 Å². The van der Waals surface area contributed by atoms with Crippen LogP contribution in [0.15, 0.2) is 30.3 Å². The molecular formula is C13H12N2O4S. The average Bonchev–Trinajstić information content (AvgIpc) is 2.90. The van der Waals surface area contributed by atoms with Gasteiger partial charge in [0.15, 0.2) is 12.0 Å². The number of rotatable bonds is 5. The van der Waals surface area contributed by atoms with Crippen molar-refractivity contribution >= 4 is 24.9 Å². The number of aromatic nitrogens is 2. The lowest BCUT2D eigenvalue weighted by Crippen LogP contribution is -2.11. The summed E-state index contributed by atoms with van der Waals surface area (Å²) in [7, 11) is 1.27. The molecule has 0 N–H and O–H groups in total. The van der Waals surface area contributed by atoms with Gasteiger partial charge in [0.1, 0.15) is 5.94 Å². The second kappa shape index (κ2) is 6.25. The first-order chi connectivity index (χ1) is 9.71. The minimum absolute atomic E-state index is 0.118. The average molecular weight is 292 g/mol. The number of hydrogen-bond donors (Lipinski definition) is 1. The molecule has 0 saturated heterocycles. The van der Waals surface area contributed by atoms with Crippen molar-refractivity contribution in [1.82, 2.24) is 9.78 Å². The van der Waals surface area contributed by atoms with Gasteiger partial charge < -0.3 is 9.47 Å². The van der Waals surface area contributed by atoms with Crippen molar-refractivity contribution in [3.8, 4) is 11.6 Å². The quantitative estimate of drug-likeness (QED) is 0.393. The Kier molecular flexibility index (Phi) is 4.41. The molecule has 0 aliphatic rings. The molecule has 0 amide bonds. The number of hydrogen-bond acceptors (Lipinski definition) is 6. The van der Waals surface area contributed by atoms with E-state index in [0.29, 0.717) is 17.5 Å². The molecule has 104 valence electrons. The molecule has 7 heteroatoms. The number of para-hydroxylation sites is 1.